The van der Waals surface area contributed by atoms with Crippen LogP contribution >= 0.6 is 0 Å². The Kier molecular flexibility index (Phi) is 6.36. The summed E-state index contributed by atoms with van der Waals surface area (Å²) in [5, 5.41) is 2.78. The smallest absolute Gasteiger partial charge is 0.321 e. The largest absolute Gasteiger partial charge is 0.489 e. The number of piperazine rings is 1. The first kappa shape index (κ1) is 20.7. The number of nitrogens with zero attached hydrogens (tertiary/aromatic N) is 2. The summed E-state index contributed by atoms with van der Waals surface area (Å²) in [5.74, 6) is 0.509. The van der Waals surface area contributed by atoms with E-state index in [4.69, 9.17) is 4.74 Å². The number of benzene rings is 3. The predicted octanol–water partition coefficient (Wildman–Crippen LogP) is 5.07. The fourth-order valence-electron chi connectivity index (χ4n) is 3.53. The lowest BCUT2D eigenvalue weighted by Gasteiger charge is -2.36. The molecule has 160 valence electrons. The SMILES string of the molecule is Cc1ccc(NC(=O)N2CCN(c3ccc(OCc4ccccc4)cc3)CC2)cc1F. The van der Waals surface area contributed by atoms with Crippen LogP contribution in [-0.4, -0.2) is 37.1 Å². The summed E-state index contributed by atoms with van der Waals surface area (Å²) >= 11 is 0. The molecule has 2 amide bonds. The maximum atomic E-state index is 13.7. The predicted molar refractivity (Wildman–Crippen MR) is 121 cm³/mol. The van der Waals surface area contributed by atoms with E-state index in [2.05, 4.69) is 10.2 Å². The molecule has 6 heteroatoms. The summed E-state index contributed by atoms with van der Waals surface area (Å²) in [6.45, 7) is 4.92. The van der Waals surface area contributed by atoms with Gasteiger partial charge in [-0.2, -0.15) is 0 Å². The summed E-state index contributed by atoms with van der Waals surface area (Å²) < 4.78 is 19.5. The van der Waals surface area contributed by atoms with Crippen LogP contribution in [-0.2, 0) is 6.61 Å². The van der Waals surface area contributed by atoms with E-state index in [1.165, 1.54) is 6.07 Å². The first-order valence-corrected chi connectivity index (χ1v) is 10.4. The maximum absolute atomic E-state index is 13.7. The normalized spacial score (nSPS) is 13.7. The van der Waals surface area contributed by atoms with Crippen LogP contribution in [0.1, 0.15) is 11.1 Å². The van der Waals surface area contributed by atoms with Gasteiger partial charge in [0.05, 0.1) is 0 Å². The van der Waals surface area contributed by atoms with Gasteiger partial charge in [-0.05, 0) is 54.4 Å². The lowest BCUT2D eigenvalue weighted by molar-refractivity contribution is 0.208. The molecule has 0 radical (unpaired) electrons. The molecule has 3 aromatic rings. The number of carbonyl (C=O) groups excluding carboxylic acids is 1. The molecule has 1 fully saturated rings. The summed E-state index contributed by atoms with van der Waals surface area (Å²) in [4.78, 5) is 16.5. The van der Waals surface area contributed by atoms with E-state index in [1.54, 1.807) is 24.0 Å². The monoisotopic (exact) mass is 419 g/mol. The molecule has 1 heterocycles. The molecule has 0 saturated carbocycles. The van der Waals surface area contributed by atoms with Crippen LogP contribution in [0, 0.1) is 12.7 Å². The standard InChI is InChI=1S/C25H26FN3O2/c1-19-7-8-21(17-24(19)26)27-25(30)29-15-13-28(14-16-29)22-9-11-23(12-10-22)31-18-20-5-3-2-4-6-20/h2-12,17H,13-16,18H2,1H3,(H,27,30). The molecule has 1 aliphatic heterocycles. The number of ether oxygens (including phenoxy) is 1. The molecule has 0 unspecified atom stereocenters. The van der Waals surface area contributed by atoms with Crippen molar-refractivity contribution in [2.24, 2.45) is 0 Å². The summed E-state index contributed by atoms with van der Waals surface area (Å²) in [6, 6.07) is 22.6. The lowest BCUT2D eigenvalue weighted by atomic mass is 10.2. The number of urea groups is 1. The number of halogens is 1. The zero-order valence-electron chi connectivity index (χ0n) is 17.6. The van der Waals surface area contributed by atoms with E-state index in [0.717, 1.165) is 30.1 Å². The number of nitrogens with one attached hydrogen (secondary N) is 1. The Balaban J connectivity index is 1.27. The zero-order valence-corrected chi connectivity index (χ0v) is 17.6. The molecule has 4 rings (SSSR count). The van der Waals surface area contributed by atoms with Crippen molar-refractivity contribution >= 4 is 17.4 Å². The van der Waals surface area contributed by atoms with Crippen molar-refractivity contribution in [2.45, 2.75) is 13.5 Å². The summed E-state index contributed by atoms with van der Waals surface area (Å²) in [7, 11) is 0. The van der Waals surface area contributed by atoms with E-state index in [1.807, 2.05) is 54.6 Å². The first-order chi connectivity index (χ1) is 15.1. The zero-order chi connectivity index (χ0) is 21.6. The highest BCUT2D eigenvalue weighted by atomic mass is 19.1. The molecule has 0 bridgehead atoms. The van der Waals surface area contributed by atoms with Gasteiger partial charge in [0, 0.05) is 37.6 Å². The van der Waals surface area contributed by atoms with Crippen LogP contribution < -0.4 is 15.0 Å². The van der Waals surface area contributed by atoms with Crippen LogP contribution in [0.5, 0.6) is 5.75 Å². The van der Waals surface area contributed by atoms with E-state index in [-0.39, 0.29) is 11.8 Å². The number of hydrogen-bond acceptors (Lipinski definition) is 3. The van der Waals surface area contributed by atoms with Crippen molar-refractivity contribution in [1.82, 2.24) is 4.90 Å². The number of aryl methyl sites for hydroxylation is 1. The van der Waals surface area contributed by atoms with Crippen LogP contribution in [0.4, 0.5) is 20.6 Å². The van der Waals surface area contributed by atoms with E-state index < -0.39 is 0 Å². The van der Waals surface area contributed by atoms with Gasteiger partial charge in [0.1, 0.15) is 18.2 Å². The van der Waals surface area contributed by atoms with Crippen LogP contribution in [0.25, 0.3) is 0 Å². The third-order valence-electron chi connectivity index (χ3n) is 5.44. The summed E-state index contributed by atoms with van der Waals surface area (Å²) in [5.41, 5.74) is 3.27. The van der Waals surface area contributed by atoms with Gasteiger partial charge in [0.15, 0.2) is 0 Å². The first-order valence-electron chi connectivity index (χ1n) is 10.4. The van der Waals surface area contributed by atoms with Crippen molar-refractivity contribution in [2.75, 3.05) is 36.4 Å². The van der Waals surface area contributed by atoms with Crippen LogP contribution in [0.2, 0.25) is 0 Å². The maximum Gasteiger partial charge on any atom is 0.321 e. The van der Waals surface area contributed by atoms with E-state index in [0.29, 0.717) is 30.9 Å². The molecule has 0 spiro atoms. The second-order valence-electron chi connectivity index (χ2n) is 7.64. The highest BCUT2D eigenvalue weighted by Gasteiger charge is 2.21. The number of anilines is 2. The number of amides is 2. The molecular weight excluding hydrogens is 393 g/mol. The Bertz CT molecular complexity index is 1020. The average Bonchev–Trinajstić information content (AvgIpc) is 2.81. The fourth-order valence-corrected chi connectivity index (χ4v) is 3.53. The average molecular weight is 420 g/mol. The molecule has 31 heavy (non-hydrogen) atoms. The third-order valence-corrected chi connectivity index (χ3v) is 5.44. The van der Waals surface area contributed by atoms with Gasteiger partial charge >= 0.3 is 6.03 Å². The Labute approximate surface area is 182 Å². The molecule has 1 N–H and O–H groups in total. The van der Waals surface area contributed by atoms with Gasteiger partial charge in [-0.3, -0.25) is 0 Å². The minimum absolute atomic E-state index is 0.201. The Morgan fingerprint density at radius 1 is 0.968 bits per heavy atom. The number of hydrogen-bond donors (Lipinski definition) is 1. The van der Waals surface area contributed by atoms with Gasteiger partial charge in [0.2, 0.25) is 0 Å². The second-order valence-corrected chi connectivity index (χ2v) is 7.64. The molecular formula is C25H26FN3O2. The van der Waals surface area contributed by atoms with Gasteiger partial charge in [-0.25, -0.2) is 9.18 Å². The summed E-state index contributed by atoms with van der Waals surface area (Å²) in [6.07, 6.45) is 0. The van der Waals surface area contributed by atoms with Gasteiger partial charge in [-0.15, -0.1) is 0 Å². The van der Waals surface area contributed by atoms with Crippen molar-refractivity contribution in [3.8, 4) is 5.75 Å². The minimum atomic E-state index is -0.321. The molecule has 0 aliphatic carbocycles. The van der Waals surface area contributed by atoms with Gasteiger partial charge < -0.3 is 19.9 Å². The minimum Gasteiger partial charge on any atom is -0.489 e. The topological polar surface area (TPSA) is 44.8 Å². The van der Waals surface area contributed by atoms with Crippen LogP contribution in [0.15, 0.2) is 72.8 Å². The third kappa shape index (κ3) is 5.34. The Morgan fingerprint density at radius 2 is 1.68 bits per heavy atom. The Hall–Kier alpha value is -3.54. The highest BCUT2D eigenvalue weighted by Crippen LogP contribution is 2.22. The van der Waals surface area contributed by atoms with Crippen molar-refractivity contribution in [1.29, 1.82) is 0 Å². The molecule has 3 aromatic carbocycles. The lowest BCUT2D eigenvalue weighted by Crippen LogP contribution is -2.50. The van der Waals surface area contributed by atoms with Crippen molar-refractivity contribution in [3.05, 3.63) is 89.7 Å². The number of rotatable bonds is 5. The van der Waals surface area contributed by atoms with Crippen molar-refractivity contribution < 1.29 is 13.9 Å². The Morgan fingerprint density at radius 3 is 2.35 bits per heavy atom. The molecule has 1 saturated heterocycles. The van der Waals surface area contributed by atoms with Crippen molar-refractivity contribution in [3.63, 3.8) is 0 Å². The fraction of sp³-hybridized carbons (Fsp3) is 0.240. The van der Waals surface area contributed by atoms with E-state index >= 15 is 0 Å². The molecule has 0 aromatic heterocycles. The van der Waals surface area contributed by atoms with Crippen LogP contribution in [0.3, 0.4) is 0 Å². The highest BCUT2D eigenvalue weighted by molar-refractivity contribution is 5.89. The molecule has 1 aliphatic rings. The molecule has 0 atom stereocenters. The molecule has 5 nitrogen and oxygen atoms in total. The second kappa shape index (κ2) is 9.51. The number of carbonyl (C=O) groups is 1. The van der Waals surface area contributed by atoms with Gasteiger partial charge in [0.25, 0.3) is 0 Å². The quantitative estimate of drug-likeness (QED) is 0.628. The van der Waals surface area contributed by atoms with E-state index in [9.17, 15) is 9.18 Å². The van der Waals surface area contributed by atoms with Gasteiger partial charge in [-0.1, -0.05) is 36.4 Å².